The third-order valence-electron chi connectivity index (χ3n) is 3.55. The topological polar surface area (TPSA) is 72.9 Å². The Labute approximate surface area is 127 Å². The van der Waals surface area contributed by atoms with E-state index in [2.05, 4.69) is 15.5 Å². The molecule has 1 aliphatic carbocycles. The van der Waals surface area contributed by atoms with Gasteiger partial charge in [0.2, 0.25) is 5.91 Å². The molecule has 0 unspecified atom stereocenters. The van der Waals surface area contributed by atoms with Crippen LogP contribution in [0.1, 0.15) is 18.6 Å². The maximum absolute atomic E-state index is 11.7. The lowest BCUT2D eigenvalue weighted by Crippen LogP contribution is -2.27. The number of carbonyl (C=O) groups excluding carboxylic acids is 1. The van der Waals surface area contributed by atoms with Crippen molar-refractivity contribution in [2.45, 2.75) is 24.9 Å². The molecule has 2 aromatic rings. The van der Waals surface area contributed by atoms with Gasteiger partial charge in [0.25, 0.3) is 0 Å². The molecule has 6 nitrogen and oxygen atoms in total. The quantitative estimate of drug-likeness (QED) is 0.826. The maximum Gasteiger partial charge on any atom is 0.230 e. The summed E-state index contributed by atoms with van der Waals surface area (Å²) in [5.74, 6) is 2.68. The standard InChI is InChI=1S/C14H18N4O2S/c1-9-11(5-6-20-9)13-16-17-14(18(13)2)21-8-12(19)15-7-10-3-4-10/h5-6,10H,3-4,7-8H2,1-2H3,(H,15,19). The van der Waals surface area contributed by atoms with Gasteiger partial charge in [-0.3, -0.25) is 4.79 Å². The van der Waals surface area contributed by atoms with Crippen molar-refractivity contribution in [2.24, 2.45) is 13.0 Å². The Kier molecular flexibility index (Phi) is 4.01. The normalized spacial score (nSPS) is 14.4. The summed E-state index contributed by atoms with van der Waals surface area (Å²) in [6.07, 6.45) is 4.12. The van der Waals surface area contributed by atoms with E-state index in [1.54, 1.807) is 6.26 Å². The molecule has 2 aromatic heterocycles. The zero-order valence-electron chi connectivity index (χ0n) is 12.1. The van der Waals surface area contributed by atoms with E-state index >= 15 is 0 Å². The molecule has 0 radical (unpaired) electrons. The van der Waals surface area contributed by atoms with Gasteiger partial charge in [-0.15, -0.1) is 10.2 Å². The van der Waals surface area contributed by atoms with Gasteiger partial charge in [-0.25, -0.2) is 0 Å². The third kappa shape index (κ3) is 3.29. The van der Waals surface area contributed by atoms with E-state index < -0.39 is 0 Å². The number of carbonyl (C=O) groups is 1. The highest BCUT2D eigenvalue weighted by molar-refractivity contribution is 7.99. The molecule has 21 heavy (non-hydrogen) atoms. The van der Waals surface area contributed by atoms with Crippen LogP contribution in [0.25, 0.3) is 11.4 Å². The van der Waals surface area contributed by atoms with E-state index in [1.807, 2.05) is 24.6 Å². The number of rotatable bonds is 6. The monoisotopic (exact) mass is 306 g/mol. The highest BCUT2D eigenvalue weighted by Gasteiger charge is 2.22. The Morgan fingerprint density at radius 3 is 3.00 bits per heavy atom. The van der Waals surface area contributed by atoms with Crippen molar-refractivity contribution in [1.29, 1.82) is 0 Å². The molecule has 0 aromatic carbocycles. The summed E-state index contributed by atoms with van der Waals surface area (Å²) in [4.78, 5) is 11.7. The Morgan fingerprint density at radius 1 is 1.52 bits per heavy atom. The van der Waals surface area contributed by atoms with Crippen LogP contribution in [0.5, 0.6) is 0 Å². The van der Waals surface area contributed by atoms with Crippen LogP contribution in [0, 0.1) is 12.8 Å². The molecular formula is C14H18N4O2S. The lowest BCUT2D eigenvalue weighted by atomic mass is 10.2. The van der Waals surface area contributed by atoms with Crippen molar-refractivity contribution < 1.29 is 9.21 Å². The van der Waals surface area contributed by atoms with E-state index in [4.69, 9.17) is 4.42 Å². The number of nitrogens with one attached hydrogen (secondary N) is 1. The van der Waals surface area contributed by atoms with Crippen LogP contribution in [0.15, 0.2) is 21.9 Å². The number of amides is 1. The van der Waals surface area contributed by atoms with Gasteiger partial charge in [-0.1, -0.05) is 11.8 Å². The van der Waals surface area contributed by atoms with Gasteiger partial charge in [0, 0.05) is 13.6 Å². The lowest BCUT2D eigenvalue weighted by Gasteiger charge is -2.04. The van der Waals surface area contributed by atoms with E-state index in [-0.39, 0.29) is 5.91 Å². The Balaban J connectivity index is 1.60. The van der Waals surface area contributed by atoms with Crippen molar-refractivity contribution >= 4 is 17.7 Å². The highest BCUT2D eigenvalue weighted by atomic mass is 32.2. The number of furan rings is 1. The summed E-state index contributed by atoms with van der Waals surface area (Å²) in [6.45, 7) is 2.69. The number of hydrogen-bond acceptors (Lipinski definition) is 5. The van der Waals surface area contributed by atoms with Crippen LogP contribution < -0.4 is 5.32 Å². The van der Waals surface area contributed by atoms with Gasteiger partial charge in [-0.05, 0) is 31.7 Å². The number of thioether (sulfide) groups is 1. The molecule has 1 N–H and O–H groups in total. The van der Waals surface area contributed by atoms with E-state index in [0.717, 1.165) is 28.8 Å². The fraction of sp³-hybridized carbons (Fsp3) is 0.500. The predicted molar refractivity (Wildman–Crippen MR) is 79.9 cm³/mol. The first kappa shape index (κ1) is 14.2. The Bertz CT molecular complexity index is 645. The van der Waals surface area contributed by atoms with Crippen LogP contribution in [-0.4, -0.2) is 33.0 Å². The van der Waals surface area contributed by atoms with E-state index in [1.165, 1.54) is 24.6 Å². The fourth-order valence-corrected chi connectivity index (χ4v) is 2.79. The zero-order valence-corrected chi connectivity index (χ0v) is 12.9. The van der Waals surface area contributed by atoms with Crippen molar-refractivity contribution in [3.05, 3.63) is 18.1 Å². The van der Waals surface area contributed by atoms with Crippen LogP contribution in [0.3, 0.4) is 0 Å². The number of aromatic nitrogens is 3. The van der Waals surface area contributed by atoms with Crippen molar-refractivity contribution in [3.63, 3.8) is 0 Å². The number of hydrogen-bond donors (Lipinski definition) is 1. The fourth-order valence-electron chi connectivity index (χ4n) is 2.05. The van der Waals surface area contributed by atoms with E-state index in [0.29, 0.717) is 11.7 Å². The van der Waals surface area contributed by atoms with E-state index in [9.17, 15) is 4.79 Å². The van der Waals surface area contributed by atoms with Crippen LogP contribution >= 0.6 is 11.8 Å². The Morgan fingerprint density at radius 2 is 2.33 bits per heavy atom. The average Bonchev–Trinajstić information content (AvgIpc) is 3.11. The SMILES string of the molecule is Cc1occc1-c1nnc(SCC(=O)NCC2CC2)n1C. The summed E-state index contributed by atoms with van der Waals surface area (Å²) >= 11 is 1.40. The second-order valence-corrected chi connectivity index (χ2v) is 6.23. The van der Waals surface area contributed by atoms with Crippen LogP contribution in [0.2, 0.25) is 0 Å². The molecule has 7 heteroatoms. The summed E-state index contributed by atoms with van der Waals surface area (Å²) in [7, 11) is 1.90. The van der Waals surface area contributed by atoms with Crippen molar-refractivity contribution in [1.82, 2.24) is 20.1 Å². The number of aryl methyl sites for hydroxylation is 1. The van der Waals surface area contributed by atoms with Crippen molar-refractivity contribution in [2.75, 3.05) is 12.3 Å². The average molecular weight is 306 g/mol. The third-order valence-corrected chi connectivity index (χ3v) is 4.57. The molecule has 1 fully saturated rings. The number of nitrogens with zero attached hydrogens (tertiary/aromatic N) is 3. The summed E-state index contributed by atoms with van der Waals surface area (Å²) in [6, 6.07) is 1.87. The summed E-state index contributed by atoms with van der Waals surface area (Å²) in [5.41, 5.74) is 0.926. The minimum absolute atomic E-state index is 0.0518. The van der Waals surface area contributed by atoms with Gasteiger partial charge in [-0.2, -0.15) is 0 Å². The minimum Gasteiger partial charge on any atom is -0.469 e. The first-order chi connectivity index (χ1) is 10.1. The molecule has 0 spiro atoms. The minimum atomic E-state index is 0.0518. The zero-order chi connectivity index (χ0) is 14.8. The molecule has 3 rings (SSSR count). The molecule has 1 saturated carbocycles. The molecule has 0 atom stereocenters. The largest absolute Gasteiger partial charge is 0.469 e. The van der Waals surface area contributed by atoms with Gasteiger partial charge >= 0.3 is 0 Å². The molecule has 0 bridgehead atoms. The highest BCUT2D eigenvalue weighted by Crippen LogP contribution is 2.28. The molecule has 0 saturated heterocycles. The molecular weight excluding hydrogens is 288 g/mol. The second kappa shape index (κ2) is 5.93. The van der Waals surface area contributed by atoms with Gasteiger partial charge in [0.15, 0.2) is 11.0 Å². The summed E-state index contributed by atoms with van der Waals surface area (Å²) in [5, 5.41) is 12.0. The molecule has 0 aliphatic heterocycles. The van der Waals surface area contributed by atoms with Gasteiger partial charge in [0.05, 0.1) is 17.6 Å². The van der Waals surface area contributed by atoms with Gasteiger partial charge < -0.3 is 14.3 Å². The van der Waals surface area contributed by atoms with Gasteiger partial charge in [0.1, 0.15) is 5.76 Å². The Hall–Kier alpha value is -1.76. The first-order valence-corrected chi connectivity index (χ1v) is 7.97. The molecule has 1 aliphatic rings. The lowest BCUT2D eigenvalue weighted by molar-refractivity contribution is -0.118. The molecule has 2 heterocycles. The van der Waals surface area contributed by atoms with Crippen molar-refractivity contribution in [3.8, 4) is 11.4 Å². The molecule has 1 amide bonds. The second-order valence-electron chi connectivity index (χ2n) is 5.29. The molecule has 112 valence electrons. The summed E-state index contributed by atoms with van der Waals surface area (Å²) < 4.78 is 7.18. The first-order valence-electron chi connectivity index (χ1n) is 6.98. The predicted octanol–water partition coefficient (Wildman–Crippen LogP) is 2.00. The smallest absolute Gasteiger partial charge is 0.230 e. The van der Waals surface area contributed by atoms with Crippen LogP contribution in [0.4, 0.5) is 0 Å². The maximum atomic E-state index is 11.7. The van der Waals surface area contributed by atoms with Crippen LogP contribution in [-0.2, 0) is 11.8 Å².